The summed E-state index contributed by atoms with van der Waals surface area (Å²) >= 11 is 6.13. The molecule has 7 nitrogen and oxygen atoms in total. The normalized spacial score (nSPS) is 17.1. The molecule has 0 saturated carbocycles. The smallest absolute Gasteiger partial charge is 0.322 e. The van der Waals surface area contributed by atoms with E-state index < -0.39 is 0 Å². The summed E-state index contributed by atoms with van der Waals surface area (Å²) in [6.07, 6.45) is 0.891. The summed E-state index contributed by atoms with van der Waals surface area (Å²) in [5.41, 5.74) is 4.11. The van der Waals surface area contributed by atoms with E-state index in [2.05, 4.69) is 39.5 Å². The molecule has 2 aromatic rings. The van der Waals surface area contributed by atoms with Crippen LogP contribution in [0.15, 0.2) is 30.3 Å². The van der Waals surface area contributed by atoms with Crippen LogP contribution in [-0.4, -0.2) is 68.3 Å². The number of nitrogens with zero attached hydrogens (tertiary/aromatic N) is 4. The molecule has 0 spiro atoms. The third-order valence-electron chi connectivity index (χ3n) is 6.08. The number of amides is 2. The van der Waals surface area contributed by atoms with Crippen molar-refractivity contribution in [3.05, 3.63) is 46.6 Å². The van der Waals surface area contributed by atoms with Gasteiger partial charge in [0.15, 0.2) is 5.82 Å². The summed E-state index contributed by atoms with van der Waals surface area (Å²) in [5, 5.41) is 7.28. The Morgan fingerprint density at radius 1 is 1.10 bits per heavy atom. The minimum atomic E-state index is -0.0603. The van der Waals surface area contributed by atoms with Gasteiger partial charge in [-0.3, -0.25) is 0 Å². The van der Waals surface area contributed by atoms with Gasteiger partial charge in [-0.05, 0) is 43.2 Å². The van der Waals surface area contributed by atoms with Crippen molar-refractivity contribution in [1.82, 2.24) is 15.2 Å². The van der Waals surface area contributed by atoms with Gasteiger partial charge < -0.3 is 25.3 Å². The fourth-order valence-corrected chi connectivity index (χ4v) is 4.42. The fraction of sp³-hybridized carbons (Fsp3) is 0.478. The van der Waals surface area contributed by atoms with E-state index >= 15 is 0 Å². The standard InChI is InChI=1S/C23H31ClN6O/c1-3-18-15-21(22(26-17(18)2)29-9-7-25-8-10-29)27-23(31)30-13-11-28(12-14-30)20-6-4-5-19(24)16-20/h4-6,15-16,25H,3,7-14H2,1-2H3,(H,27,31). The van der Waals surface area contributed by atoms with Gasteiger partial charge in [0.25, 0.3) is 0 Å². The lowest BCUT2D eigenvalue weighted by atomic mass is 10.1. The Kier molecular flexibility index (Phi) is 6.83. The van der Waals surface area contributed by atoms with Gasteiger partial charge in [-0.25, -0.2) is 9.78 Å². The van der Waals surface area contributed by atoms with E-state index in [0.717, 1.165) is 73.6 Å². The number of anilines is 3. The highest BCUT2D eigenvalue weighted by atomic mass is 35.5. The number of hydrogen-bond acceptors (Lipinski definition) is 5. The fourth-order valence-electron chi connectivity index (χ4n) is 4.24. The van der Waals surface area contributed by atoms with Gasteiger partial charge in [-0.1, -0.05) is 24.6 Å². The molecule has 166 valence electrons. The third-order valence-corrected chi connectivity index (χ3v) is 6.31. The molecule has 2 saturated heterocycles. The molecule has 8 heteroatoms. The first-order valence-corrected chi connectivity index (χ1v) is 11.5. The minimum Gasteiger partial charge on any atom is -0.368 e. The van der Waals surface area contributed by atoms with Crippen LogP contribution < -0.4 is 20.4 Å². The SMILES string of the molecule is CCc1cc(NC(=O)N2CCN(c3cccc(Cl)c3)CC2)c(N2CCNCC2)nc1C. The Hall–Kier alpha value is -2.51. The lowest BCUT2D eigenvalue weighted by Crippen LogP contribution is -2.50. The first-order valence-electron chi connectivity index (χ1n) is 11.1. The largest absolute Gasteiger partial charge is 0.368 e. The molecule has 0 radical (unpaired) electrons. The molecular formula is C23H31ClN6O. The molecule has 0 bridgehead atoms. The molecule has 0 aliphatic carbocycles. The number of halogens is 1. The van der Waals surface area contributed by atoms with Crippen LogP contribution in [0, 0.1) is 6.92 Å². The maximum Gasteiger partial charge on any atom is 0.322 e. The van der Waals surface area contributed by atoms with Crippen molar-refractivity contribution >= 4 is 34.8 Å². The van der Waals surface area contributed by atoms with E-state index in [1.165, 1.54) is 5.56 Å². The molecule has 2 aliphatic rings. The number of pyridine rings is 1. The van der Waals surface area contributed by atoms with Crippen molar-refractivity contribution in [2.45, 2.75) is 20.3 Å². The van der Waals surface area contributed by atoms with Crippen LogP contribution in [0.5, 0.6) is 0 Å². The van der Waals surface area contributed by atoms with E-state index in [4.69, 9.17) is 16.6 Å². The molecule has 1 aromatic heterocycles. The maximum absolute atomic E-state index is 13.1. The minimum absolute atomic E-state index is 0.0603. The number of piperazine rings is 2. The number of urea groups is 1. The maximum atomic E-state index is 13.1. The number of aromatic nitrogens is 1. The van der Waals surface area contributed by atoms with Crippen molar-refractivity contribution in [3.63, 3.8) is 0 Å². The monoisotopic (exact) mass is 442 g/mol. The zero-order valence-corrected chi connectivity index (χ0v) is 19.1. The summed E-state index contributed by atoms with van der Waals surface area (Å²) in [6.45, 7) is 10.7. The molecular weight excluding hydrogens is 412 g/mol. The molecule has 2 N–H and O–H groups in total. The van der Waals surface area contributed by atoms with Gasteiger partial charge in [-0.2, -0.15) is 0 Å². The Bertz CT molecular complexity index is 922. The molecule has 4 rings (SSSR count). The van der Waals surface area contributed by atoms with Crippen molar-refractivity contribution in [2.75, 3.05) is 67.5 Å². The molecule has 0 unspecified atom stereocenters. The second-order valence-corrected chi connectivity index (χ2v) is 8.52. The van der Waals surface area contributed by atoms with Gasteiger partial charge >= 0.3 is 6.03 Å². The number of aryl methyl sites for hydroxylation is 2. The molecule has 31 heavy (non-hydrogen) atoms. The lowest BCUT2D eigenvalue weighted by Gasteiger charge is -2.36. The predicted molar refractivity (Wildman–Crippen MR) is 128 cm³/mol. The van der Waals surface area contributed by atoms with Crippen molar-refractivity contribution in [3.8, 4) is 0 Å². The van der Waals surface area contributed by atoms with Gasteiger partial charge in [0.1, 0.15) is 0 Å². The van der Waals surface area contributed by atoms with Gasteiger partial charge in [-0.15, -0.1) is 0 Å². The van der Waals surface area contributed by atoms with Crippen LogP contribution in [0.4, 0.5) is 22.0 Å². The number of benzene rings is 1. The Morgan fingerprint density at radius 2 is 1.84 bits per heavy atom. The zero-order chi connectivity index (χ0) is 21.8. The van der Waals surface area contributed by atoms with E-state index in [1.54, 1.807) is 0 Å². The van der Waals surface area contributed by atoms with Crippen LogP contribution in [0.2, 0.25) is 5.02 Å². The number of carbonyl (C=O) groups excluding carboxylic acids is 1. The van der Waals surface area contributed by atoms with Crippen molar-refractivity contribution in [1.29, 1.82) is 0 Å². The number of nitrogens with one attached hydrogen (secondary N) is 2. The van der Waals surface area contributed by atoms with Crippen molar-refractivity contribution < 1.29 is 4.79 Å². The second kappa shape index (κ2) is 9.75. The lowest BCUT2D eigenvalue weighted by molar-refractivity contribution is 0.208. The van der Waals surface area contributed by atoms with E-state index in [1.807, 2.05) is 30.0 Å². The average molecular weight is 443 g/mol. The molecule has 2 fully saturated rings. The van der Waals surface area contributed by atoms with Crippen LogP contribution in [0.25, 0.3) is 0 Å². The molecule has 2 amide bonds. The summed E-state index contributed by atoms with van der Waals surface area (Å²) in [6, 6.07) is 9.91. The van der Waals surface area contributed by atoms with Crippen LogP contribution in [-0.2, 0) is 6.42 Å². The van der Waals surface area contributed by atoms with E-state index in [9.17, 15) is 4.79 Å². The van der Waals surface area contributed by atoms with Crippen LogP contribution in [0.1, 0.15) is 18.2 Å². The van der Waals surface area contributed by atoms with Crippen LogP contribution >= 0.6 is 11.6 Å². The highest BCUT2D eigenvalue weighted by molar-refractivity contribution is 6.30. The van der Waals surface area contributed by atoms with E-state index in [0.29, 0.717) is 13.1 Å². The topological polar surface area (TPSA) is 63.7 Å². The summed E-state index contributed by atoms with van der Waals surface area (Å²) < 4.78 is 0. The Labute approximate surface area is 189 Å². The highest BCUT2D eigenvalue weighted by Gasteiger charge is 2.24. The van der Waals surface area contributed by atoms with E-state index in [-0.39, 0.29) is 6.03 Å². The first kappa shape index (κ1) is 21.7. The third kappa shape index (κ3) is 5.05. The first-order chi connectivity index (χ1) is 15.0. The summed E-state index contributed by atoms with van der Waals surface area (Å²) in [5.74, 6) is 0.877. The molecule has 1 aromatic carbocycles. The Morgan fingerprint density at radius 3 is 2.52 bits per heavy atom. The van der Waals surface area contributed by atoms with Gasteiger partial charge in [0, 0.05) is 68.8 Å². The molecule has 2 aliphatic heterocycles. The summed E-state index contributed by atoms with van der Waals surface area (Å²) in [4.78, 5) is 24.4. The quantitative estimate of drug-likeness (QED) is 0.760. The number of rotatable bonds is 4. The molecule has 3 heterocycles. The molecule has 0 atom stereocenters. The predicted octanol–water partition coefficient (Wildman–Crippen LogP) is 3.37. The zero-order valence-electron chi connectivity index (χ0n) is 18.3. The van der Waals surface area contributed by atoms with Gasteiger partial charge in [0.05, 0.1) is 5.69 Å². The average Bonchev–Trinajstić information content (AvgIpc) is 2.80. The number of carbonyl (C=O) groups is 1. The number of hydrogen-bond donors (Lipinski definition) is 2. The van der Waals surface area contributed by atoms with Gasteiger partial charge in [0.2, 0.25) is 0 Å². The highest BCUT2D eigenvalue weighted by Crippen LogP contribution is 2.28. The van der Waals surface area contributed by atoms with Crippen LogP contribution in [0.3, 0.4) is 0 Å². The van der Waals surface area contributed by atoms with Crippen molar-refractivity contribution in [2.24, 2.45) is 0 Å². The second-order valence-electron chi connectivity index (χ2n) is 8.08. The Balaban J connectivity index is 1.45. The summed E-state index contributed by atoms with van der Waals surface area (Å²) in [7, 11) is 0.